The normalized spacial score (nSPS) is 47.1. The van der Waals surface area contributed by atoms with Gasteiger partial charge in [-0.3, -0.25) is 4.79 Å². The summed E-state index contributed by atoms with van der Waals surface area (Å²) >= 11 is 0. The second kappa shape index (κ2) is 6.23. The minimum atomic E-state index is -1.88. The lowest BCUT2D eigenvalue weighted by molar-refractivity contribution is -0.279. The molecule has 0 radical (unpaired) electrons. The molecule has 0 saturated heterocycles. The van der Waals surface area contributed by atoms with Crippen molar-refractivity contribution in [2.24, 2.45) is 33.5 Å². The molecule has 3 aliphatic carbocycles. The first-order valence-corrected chi connectivity index (χ1v) is 11.4. The Bertz CT molecular complexity index is 1050. The molecular formula is C26H32O6. The van der Waals surface area contributed by atoms with Crippen molar-refractivity contribution in [3.05, 3.63) is 48.0 Å². The van der Waals surface area contributed by atoms with Crippen LogP contribution in [-0.4, -0.2) is 28.1 Å². The number of hydrogen-bond acceptors (Lipinski definition) is 6. The zero-order valence-electron chi connectivity index (χ0n) is 19.3. The van der Waals surface area contributed by atoms with E-state index in [4.69, 9.17) is 9.15 Å². The number of rotatable bonds is 1. The number of fused-ring (bicyclic) bond motifs is 5. The molecule has 2 heterocycles. The van der Waals surface area contributed by atoms with Crippen LogP contribution in [0.5, 0.6) is 0 Å². The molecule has 2 fully saturated rings. The summed E-state index contributed by atoms with van der Waals surface area (Å²) in [5.41, 5.74) is -1.50. The van der Waals surface area contributed by atoms with E-state index in [0.717, 1.165) is 5.57 Å². The van der Waals surface area contributed by atoms with Crippen molar-refractivity contribution in [1.29, 1.82) is 0 Å². The number of aliphatic hydroxyl groups excluding tert-OH is 1. The number of carbonyl (C=O) groups excluding carboxylic acids is 2. The van der Waals surface area contributed by atoms with Crippen LogP contribution < -0.4 is 0 Å². The molecule has 6 nitrogen and oxygen atoms in total. The number of ketones is 1. The third-order valence-electron chi connectivity index (χ3n) is 9.76. The van der Waals surface area contributed by atoms with Crippen LogP contribution in [0.25, 0.3) is 0 Å². The molecule has 0 amide bonds. The van der Waals surface area contributed by atoms with Gasteiger partial charge in [0.25, 0.3) is 5.79 Å². The van der Waals surface area contributed by atoms with Gasteiger partial charge in [0.05, 0.1) is 23.3 Å². The summed E-state index contributed by atoms with van der Waals surface area (Å²) in [6.07, 6.45) is 9.02. The highest BCUT2D eigenvalue weighted by Gasteiger charge is 2.70. The predicted molar refractivity (Wildman–Crippen MR) is 116 cm³/mol. The lowest BCUT2D eigenvalue weighted by Crippen LogP contribution is -2.66. The Morgan fingerprint density at radius 1 is 1.09 bits per heavy atom. The summed E-state index contributed by atoms with van der Waals surface area (Å²) < 4.78 is 10.8. The minimum Gasteiger partial charge on any atom is -0.472 e. The highest BCUT2D eigenvalue weighted by Crippen LogP contribution is 2.71. The fourth-order valence-corrected chi connectivity index (χ4v) is 7.84. The number of cyclic esters (lactones) is 1. The van der Waals surface area contributed by atoms with Gasteiger partial charge in [-0.15, -0.1) is 0 Å². The minimum absolute atomic E-state index is 0.00815. The van der Waals surface area contributed by atoms with Gasteiger partial charge in [0.2, 0.25) is 0 Å². The van der Waals surface area contributed by atoms with E-state index in [0.29, 0.717) is 24.8 Å². The number of esters is 1. The van der Waals surface area contributed by atoms with Crippen LogP contribution in [0, 0.1) is 33.5 Å². The topological polar surface area (TPSA) is 97.0 Å². The number of carbonyl (C=O) groups is 2. The molecule has 0 unspecified atom stereocenters. The first kappa shape index (κ1) is 21.7. The third-order valence-corrected chi connectivity index (χ3v) is 9.76. The van der Waals surface area contributed by atoms with E-state index in [9.17, 15) is 19.8 Å². The van der Waals surface area contributed by atoms with E-state index >= 15 is 0 Å². The average molecular weight is 441 g/mol. The molecular weight excluding hydrogens is 408 g/mol. The predicted octanol–water partition coefficient (Wildman–Crippen LogP) is 3.88. The Hall–Kier alpha value is -2.18. The summed E-state index contributed by atoms with van der Waals surface area (Å²) in [5, 5.41) is 23.4. The van der Waals surface area contributed by atoms with Gasteiger partial charge < -0.3 is 19.4 Å². The maximum atomic E-state index is 12.8. The first-order chi connectivity index (χ1) is 14.8. The van der Waals surface area contributed by atoms with Gasteiger partial charge in [0, 0.05) is 16.9 Å². The second-order valence-electron chi connectivity index (χ2n) is 11.4. The zero-order valence-corrected chi connectivity index (χ0v) is 19.3. The molecule has 2 N–H and O–H groups in total. The number of aliphatic hydroxyl groups is 2. The van der Waals surface area contributed by atoms with Crippen molar-refractivity contribution in [3.8, 4) is 0 Å². The summed E-state index contributed by atoms with van der Waals surface area (Å²) in [7, 11) is 0. The van der Waals surface area contributed by atoms with E-state index < -0.39 is 34.1 Å². The van der Waals surface area contributed by atoms with Gasteiger partial charge in [0.15, 0.2) is 5.78 Å². The smallest absolute Gasteiger partial charge is 0.333 e. The molecule has 4 aliphatic rings. The van der Waals surface area contributed by atoms with Crippen LogP contribution in [0.3, 0.4) is 0 Å². The van der Waals surface area contributed by atoms with Gasteiger partial charge in [0.1, 0.15) is 6.26 Å². The monoisotopic (exact) mass is 440 g/mol. The van der Waals surface area contributed by atoms with Gasteiger partial charge in [-0.2, -0.15) is 0 Å². The number of hydrogen-bond donors (Lipinski definition) is 2. The molecule has 1 aromatic heterocycles. The van der Waals surface area contributed by atoms with Crippen LogP contribution in [0.1, 0.15) is 59.4 Å². The Labute approximate surface area is 188 Å². The average Bonchev–Trinajstić information content (AvgIpc) is 3.25. The largest absolute Gasteiger partial charge is 0.472 e. The molecule has 5 rings (SSSR count). The third kappa shape index (κ3) is 2.32. The van der Waals surface area contributed by atoms with Crippen LogP contribution in [0.15, 0.2) is 46.8 Å². The Kier molecular flexibility index (Phi) is 4.22. The summed E-state index contributed by atoms with van der Waals surface area (Å²) in [6.45, 7) is 10.0. The van der Waals surface area contributed by atoms with Crippen molar-refractivity contribution in [2.45, 2.75) is 65.8 Å². The molecule has 7 atom stereocenters. The van der Waals surface area contributed by atoms with Crippen LogP contribution in [-0.2, 0) is 20.1 Å². The molecule has 1 aromatic rings. The number of furan rings is 1. The van der Waals surface area contributed by atoms with Gasteiger partial charge in [-0.05, 0) is 61.2 Å². The molecule has 2 saturated carbocycles. The van der Waals surface area contributed by atoms with Gasteiger partial charge >= 0.3 is 5.97 Å². The van der Waals surface area contributed by atoms with Crippen LogP contribution >= 0.6 is 0 Å². The number of ether oxygens (including phenoxy) is 1. The van der Waals surface area contributed by atoms with E-state index in [1.807, 2.05) is 33.8 Å². The van der Waals surface area contributed by atoms with E-state index in [1.165, 1.54) is 18.6 Å². The van der Waals surface area contributed by atoms with Crippen LogP contribution in [0.2, 0.25) is 0 Å². The fourth-order valence-electron chi connectivity index (χ4n) is 7.84. The van der Waals surface area contributed by atoms with Gasteiger partial charge in [-0.1, -0.05) is 33.8 Å². The Balaban J connectivity index is 1.69. The lowest BCUT2D eigenvalue weighted by Gasteiger charge is -2.67. The van der Waals surface area contributed by atoms with Gasteiger partial charge in [-0.25, -0.2) is 4.79 Å². The standard InChI is InChI=1S/C26H32O6/c1-22(2)17-12-20(28)25(5)16(23(17,3)9-7-19(22)27)6-10-24(4)18(25)13-21(29)32-26(24,30)15-8-11-31-14-15/h7-9,11,13-14,16-17,20,28,30H,6,10,12H2,1-5H3/t16-,17+,20-,23-,24-,25-,26+/m1/s1. The maximum absolute atomic E-state index is 12.8. The van der Waals surface area contributed by atoms with Crippen molar-refractivity contribution in [2.75, 3.05) is 0 Å². The van der Waals surface area contributed by atoms with Crippen molar-refractivity contribution in [3.63, 3.8) is 0 Å². The first-order valence-electron chi connectivity index (χ1n) is 11.4. The maximum Gasteiger partial charge on any atom is 0.333 e. The molecule has 0 bridgehead atoms. The number of allylic oxidation sites excluding steroid dienone is 2. The highest BCUT2D eigenvalue weighted by atomic mass is 16.7. The quantitative estimate of drug-likeness (QED) is 0.643. The summed E-state index contributed by atoms with van der Waals surface area (Å²) in [5.74, 6) is -2.45. The van der Waals surface area contributed by atoms with E-state index in [2.05, 4.69) is 6.92 Å². The molecule has 172 valence electrons. The Morgan fingerprint density at radius 3 is 2.47 bits per heavy atom. The second-order valence-corrected chi connectivity index (χ2v) is 11.4. The molecule has 32 heavy (non-hydrogen) atoms. The molecule has 1 aliphatic heterocycles. The van der Waals surface area contributed by atoms with E-state index in [-0.39, 0.29) is 23.0 Å². The van der Waals surface area contributed by atoms with Crippen molar-refractivity contribution < 1.29 is 29.0 Å². The lowest BCUT2D eigenvalue weighted by atomic mass is 9.38. The fraction of sp³-hybridized carbons (Fsp3) is 0.615. The summed E-state index contributed by atoms with van der Waals surface area (Å²) in [4.78, 5) is 25.5. The zero-order chi connectivity index (χ0) is 23.3. The molecule has 0 aromatic carbocycles. The summed E-state index contributed by atoms with van der Waals surface area (Å²) in [6, 6.07) is 1.61. The molecule has 0 spiro atoms. The van der Waals surface area contributed by atoms with E-state index in [1.54, 1.807) is 12.1 Å². The van der Waals surface area contributed by atoms with Crippen molar-refractivity contribution >= 4 is 11.8 Å². The van der Waals surface area contributed by atoms with Crippen molar-refractivity contribution in [1.82, 2.24) is 0 Å². The molecule has 6 heteroatoms. The Morgan fingerprint density at radius 2 is 1.81 bits per heavy atom. The highest BCUT2D eigenvalue weighted by molar-refractivity contribution is 5.95. The van der Waals surface area contributed by atoms with Crippen LogP contribution in [0.4, 0.5) is 0 Å². The SMILES string of the molecule is CC1(C)C(=O)C=C[C@]2(C)[C@H]3CC[C@]4(C)C(=CC(=O)O[C@@]4(O)c4ccoc4)[C@]3(C)[C@H](O)C[C@@H]12.